The summed E-state index contributed by atoms with van der Waals surface area (Å²) in [6.45, 7) is 15.7. The summed E-state index contributed by atoms with van der Waals surface area (Å²) in [7, 11) is -0.574. The van der Waals surface area contributed by atoms with Crippen LogP contribution in [0.5, 0.6) is 0 Å². The van der Waals surface area contributed by atoms with Crippen LogP contribution >= 0.6 is 11.6 Å². The van der Waals surface area contributed by atoms with E-state index < -0.39 is 30.0 Å². The summed E-state index contributed by atoms with van der Waals surface area (Å²) in [5.74, 6) is 0. The fourth-order valence-electron chi connectivity index (χ4n) is 2.69. The van der Waals surface area contributed by atoms with Gasteiger partial charge in [-0.1, -0.05) is 23.7 Å². The van der Waals surface area contributed by atoms with Gasteiger partial charge in [0.2, 0.25) is 0 Å². The molecular weight excluding hydrogens is 376 g/mol. The van der Waals surface area contributed by atoms with Gasteiger partial charge in [0, 0.05) is 11.6 Å². The fourth-order valence-corrected chi connectivity index (χ4v) is 2.91. The Morgan fingerprint density at radius 2 is 1.79 bits per heavy atom. The van der Waals surface area contributed by atoms with Crippen LogP contribution < -0.4 is 5.32 Å². The van der Waals surface area contributed by atoms with Crippen molar-refractivity contribution in [1.82, 2.24) is 5.32 Å². The summed E-state index contributed by atoms with van der Waals surface area (Å²) < 4.78 is 17.7. The van der Waals surface area contributed by atoms with Crippen molar-refractivity contribution in [1.29, 1.82) is 0 Å². The molecule has 2 rings (SSSR count). The van der Waals surface area contributed by atoms with Crippen molar-refractivity contribution in [2.45, 2.75) is 72.2 Å². The van der Waals surface area contributed by atoms with E-state index in [1.165, 1.54) is 0 Å². The number of hydrogen-bond acceptors (Lipinski definition) is 4. The molecule has 1 saturated heterocycles. The first-order valence-electron chi connectivity index (χ1n) is 9.49. The molecule has 0 bridgehead atoms. The van der Waals surface area contributed by atoms with Gasteiger partial charge in [-0.15, -0.1) is 0 Å². The maximum Gasteiger partial charge on any atom is 0.492 e. The van der Waals surface area contributed by atoms with Crippen molar-refractivity contribution in [3.63, 3.8) is 0 Å². The number of aryl methyl sites for hydroxylation is 1. The van der Waals surface area contributed by atoms with Crippen molar-refractivity contribution in [2.75, 3.05) is 6.54 Å². The van der Waals surface area contributed by atoms with Gasteiger partial charge in [0.1, 0.15) is 5.60 Å². The van der Waals surface area contributed by atoms with E-state index in [4.69, 9.17) is 25.6 Å². The molecule has 1 aromatic carbocycles. The van der Waals surface area contributed by atoms with Gasteiger partial charge in [0.05, 0.1) is 11.2 Å². The molecule has 1 amide bonds. The lowest BCUT2D eigenvalue weighted by atomic mass is 9.76. The Kier molecular flexibility index (Phi) is 6.59. The van der Waals surface area contributed by atoms with E-state index in [9.17, 15) is 4.79 Å². The third kappa shape index (κ3) is 5.75. The number of amides is 1. The van der Waals surface area contributed by atoms with Gasteiger partial charge >= 0.3 is 13.2 Å². The van der Waals surface area contributed by atoms with Gasteiger partial charge in [-0.25, -0.2) is 4.79 Å². The minimum atomic E-state index is -0.574. The Hall–Kier alpha value is -1.50. The summed E-state index contributed by atoms with van der Waals surface area (Å²) in [5, 5.41) is 3.49. The number of hydrogen-bond donors (Lipinski definition) is 1. The SMILES string of the molecule is Cc1cc(Cl)ccc1C=C(CNC(=O)OC(C)(C)C)B1OC(C)(C)C(C)(C)O1. The van der Waals surface area contributed by atoms with Crippen LogP contribution in [0.25, 0.3) is 6.08 Å². The Labute approximate surface area is 173 Å². The lowest BCUT2D eigenvalue weighted by Crippen LogP contribution is -2.41. The molecule has 0 unspecified atom stereocenters. The normalized spacial score (nSPS) is 18.9. The van der Waals surface area contributed by atoms with Crippen molar-refractivity contribution >= 4 is 30.9 Å². The number of benzene rings is 1. The predicted molar refractivity (Wildman–Crippen MR) is 114 cm³/mol. The smallest absolute Gasteiger partial charge is 0.444 e. The number of carbonyl (C=O) groups is 1. The van der Waals surface area contributed by atoms with E-state index in [2.05, 4.69) is 5.32 Å². The average Bonchev–Trinajstić information content (AvgIpc) is 2.71. The summed E-state index contributed by atoms with van der Waals surface area (Å²) >= 11 is 6.08. The molecular formula is C21H31BClNO4. The average molecular weight is 408 g/mol. The first kappa shape index (κ1) is 22.8. The number of halogens is 1. The quantitative estimate of drug-likeness (QED) is 0.698. The molecule has 154 valence electrons. The molecule has 28 heavy (non-hydrogen) atoms. The Morgan fingerprint density at radius 1 is 1.21 bits per heavy atom. The molecule has 1 aliphatic heterocycles. The third-order valence-electron chi connectivity index (χ3n) is 4.96. The van der Waals surface area contributed by atoms with Gasteiger partial charge in [-0.2, -0.15) is 0 Å². The molecule has 7 heteroatoms. The number of ether oxygens (including phenoxy) is 1. The molecule has 0 aromatic heterocycles. The molecule has 1 N–H and O–H groups in total. The highest BCUT2D eigenvalue weighted by molar-refractivity contribution is 6.56. The second-order valence-electron chi connectivity index (χ2n) is 9.16. The van der Waals surface area contributed by atoms with Crippen LogP contribution in [0.3, 0.4) is 0 Å². The third-order valence-corrected chi connectivity index (χ3v) is 5.20. The number of nitrogens with one attached hydrogen (secondary N) is 1. The highest BCUT2D eigenvalue weighted by atomic mass is 35.5. The van der Waals surface area contributed by atoms with Crippen molar-refractivity contribution in [3.05, 3.63) is 39.8 Å². The molecule has 0 aliphatic carbocycles. The Balaban J connectivity index is 2.28. The van der Waals surface area contributed by atoms with E-state index in [1.54, 1.807) is 0 Å². The maximum absolute atomic E-state index is 12.1. The predicted octanol–water partition coefficient (Wildman–Crippen LogP) is 5.19. The van der Waals surface area contributed by atoms with Gasteiger partial charge in [-0.05, 0) is 84.1 Å². The van der Waals surface area contributed by atoms with Crippen LogP contribution in [0.4, 0.5) is 4.79 Å². The van der Waals surface area contributed by atoms with Crippen LogP contribution in [0, 0.1) is 6.92 Å². The Bertz CT molecular complexity index is 752. The molecule has 0 spiro atoms. The van der Waals surface area contributed by atoms with E-state index in [-0.39, 0.29) is 6.54 Å². The van der Waals surface area contributed by atoms with Crippen LogP contribution in [-0.2, 0) is 14.0 Å². The highest BCUT2D eigenvalue weighted by Gasteiger charge is 2.52. The van der Waals surface area contributed by atoms with Crippen molar-refractivity contribution in [3.8, 4) is 0 Å². The van der Waals surface area contributed by atoms with Gasteiger partial charge in [0.15, 0.2) is 0 Å². The molecule has 0 atom stereocenters. The monoisotopic (exact) mass is 407 g/mol. The minimum Gasteiger partial charge on any atom is -0.444 e. The zero-order valence-electron chi connectivity index (χ0n) is 18.1. The second kappa shape index (κ2) is 8.09. The van der Waals surface area contributed by atoms with Crippen LogP contribution in [0.1, 0.15) is 59.6 Å². The zero-order chi connectivity index (χ0) is 21.3. The van der Waals surface area contributed by atoms with E-state index >= 15 is 0 Å². The highest BCUT2D eigenvalue weighted by Crippen LogP contribution is 2.38. The van der Waals surface area contributed by atoms with E-state index in [0.29, 0.717) is 5.02 Å². The lowest BCUT2D eigenvalue weighted by Gasteiger charge is -2.32. The van der Waals surface area contributed by atoms with Crippen molar-refractivity contribution < 1.29 is 18.8 Å². The Morgan fingerprint density at radius 3 is 2.29 bits per heavy atom. The van der Waals surface area contributed by atoms with E-state index in [0.717, 1.165) is 16.6 Å². The molecule has 1 aliphatic rings. The van der Waals surface area contributed by atoms with Gasteiger partial charge in [-0.3, -0.25) is 0 Å². The van der Waals surface area contributed by atoms with Gasteiger partial charge in [0.25, 0.3) is 0 Å². The molecule has 1 fully saturated rings. The maximum atomic E-state index is 12.1. The molecule has 0 radical (unpaired) electrons. The summed E-state index contributed by atoms with van der Waals surface area (Å²) in [4.78, 5) is 12.1. The minimum absolute atomic E-state index is 0.244. The molecule has 5 nitrogen and oxygen atoms in total. The summed E-state index contributed by atoms with van der Waals surface area (Å²) in [5.41, 5.74) is 1.30. The standard InChI is InChI=1S/C21H31BClNO4/c1-14-11-17(23)10-9-15(14)12-16(13-24-18(25)26-19(2,3)4)22-27-20(5,6)21(7,8)28-22/h9-12H,13H2,1-8H3,(H,24,25). The number of carbonyl (C=O) groups excluding carboxylic acids is 1. The second-order valence-corrected chi connectivity index (χ2v) is 9.60. The van der Waals surface area contributed by atoms with Crippen LogP contribution in [0.15, 0.2) is 23.7 Å². The molecule has 1 heterocycles. The largest absolute Gasteiger partial charge is 0.492 e. The van der Waals surface area contributed by atoms with Crippen LogP contribution in [0.2, 0.25) is 5.02 Å². The first-order chi connectivity index (χ1) is 12.7. The van der Waals surface area contributed by atoms with Gasteiger partial charge < -0.3 is 19.4 Å². The fraction of sp³-hybridized carbons (Fsp3) is 0.571. The summed E-state index contributed by atoms with van der Waals surface area (Å²) in [6, 6.07) is 5.68. The topological polar surface area (TPSA) is 56.8 Å². The zero-order valence-corrected chi connectivity index (χ0v) is 18.9. The number of rotatable bonds is 4. The van der Waals surface area contributed by atoms with Crippen LogP contribution in [-0.4, -0.2) is 36.6 Å². The molecule has 1 aromatic rings. The summed E-state index contributed by atoms with van der Waals surface area (Å²) in [6.07, 6.45) is 1.49. The molecule has 0 saturated carbocycles. The van der Waals surface area contributed by atoms with E-state index in [1.807, 2.05) is 79.7 Å². The number of alkyl carbamates (subject to hydrolysis) is 1. The first-order valence-corrected chi connectivity index (χ1v) is 9.87. The lowest BCUT2D eigenvalue weighted by molar-refractivity contribution is 0.00578. The van der Waals surface area contributed by atoms with Crippen molar-refractivity contribution in [2.24, 2.45) is 0 Å².